The number of hydrogen-bond donors (Lipinski definition) is 1. The Morgan fingerprint density at radius 2 is 1.65 bits per heavy atom. The predicted octanol–water partition coefficient (Wildman–Crippen LogP) is 3.87. The van der Waals surface area contributed by atoms with Gasteiger partial charge in [0.15, 0.2) is 0 Å². The van der Waals surface area contributed by atoms with Crippen molar-refractivity contribution in [1.29, 1.82) is 0 Å². The standard InChI is InChI=1S/C33H35N5O5/c1-34-31(39)22-30(38(33(34)42)26-10-3-2-4-11-26)36-17-7-15-35(19-20-36)16-8-18-37-27-12-6-5-9-25(27)23-43-29-14-13-24(32(40)41)21-28(29)37/h2-6,9-14,21-22H,7-8,15-20,23H2,1H3,(H,40,41). The highest BCUT2D eigenvalue weighted by atomic mass is 16.5. The lowest BCUT2D eigenvalue weighted by Crippen LogP contribution is -2.42. The number of fused-ring (bicyclic) bond motifs is 2. The third-order valence-corrected chi connectivity index (χ3v) is 8.24. The lowest BCUT2D eigenvalue weighted by atomic mass is 10.1. The van der Waals surface area contributed by atoms with Gasteiger partial charge in [-0.2, -0.15) is 0 Å². The van der Waals surface area contributed by atoms with Crippen molar-refractivity contribution in [2.75, 3.05) is 49.1 Å². The van der Waals surface area contributed by atoms with Crippen molar-refractivity contribution in [3.63, 3.8) is 0 Å². The third-order valence-electron chi connectivity index (χ3n) is 8.24. The lowest BCUT2D eigenvalue weighted by Gasteiger charge is -2.28. The van der Waals surface area contributed by atoms with Crippen molar-refractivity contribution in [3.05, 3.63) is 111 Å². The minimum absolute atomic E-state index is 0.226. The van der Waals surface area contributed by atoms with Crippen LogP contribution in [-0.4, -0.2) is 64.4 Å². The Kier molecular flexibility index (Phi) is 8.02. The van der Waals surface area contributed by atoms with Crippen LogP contribution in [0.4, 0.5) is 17.2 Å². The van der Waals surface area contributed by atoms with Gasteiger partial charge in [-0.15, -0.1) is 0 Å². The molecule has 2 aliphatic heterocycles. The largest absolute Gasteiger partial charge is 0.487 e. The van der Waals surface area contributed by atoms with Crippen LogP contribution in [-0.2, 0) is 13.7 Å². The van der Waals surface area contributed by atoms with E-state index in [9.17, 15) is 19.5 Å². The van der Waals surface area contributed by atoms with E-state index in [1.165, 1.54) is 7.05 Å². The Bertz CT molecular complexity index is 1750. The number of rotatable bonds is 7. The zero-order valence-electron chi connectivity index (χ0n) is 24.2. The van der Waals surface area contributed by atoms with E-state index >= 15 is 0 Å². The monoisotopic (exact) mass is 581 g/mol. The summed E-state index contributed by atoms with van der Waals surface area (Å²) in [6, 6.07) is 24.1. The summed E-state index contributed by atoms with van der Waals surface area (Å²) in [5, 5.41) is 9.63. The highest BCUT2D eigenvalue weighted by molar-refractivity contribution is 5.90. The summed E-state index contributed by atoms with van der Waals surface area (Å²) in [5.41, 5.74) is 3.12. The van der Waals surface area contributed by atoms with Gasteiger partial charge in [0.25, 0.3) is 5.56 Å². The number of aromatic carboxylic acids is 1. The molecule has 3 aromatic carbocycles. The van der Waals surface area contributed by atoms with Crippen molar-refractivity contribution in [2.24, 2.45) is 7.05 Å². The van der Waals surface area contributed by atoms with E-state index in [0.717, 1.165) is 66.2 Å². The SMILES string of the molecule is Cn1c(=O)cc(N2CCCN(CCCN3c4ccccc4COc4ccc(C(=O)O)cc43)CC2)n(-c2ccccc2)c1=O. The van der Waals surface area contributed by atoms with Gasteiger partial charge in [0.1, 0.15) is 18.2 Å². The first-order valence-corrected chi connectivity index (χ1v) is 14.6. The average molecular weight is 582 g/mol. The molecule has 1 aromatic heterocycles. The number of aromatic nitrogens is 2. The average Bonchev–Trinajstić information content (AvgIpc) is 3.35. The van der Waals surface area contributed by atoms with Gasteiger partial charge in [0.2, 0.25) is 0 Å². The summed E-state index contributed by atoms with van der Waals surface area (Å²) in [6.45, 7) is 5.07. The fourth-order valence-corrected chi connectivity index (χ4v) is 5.95. The molecule has 1 N–H and O–H groups in total. The quantitative estimate of drug-likeness (QED) is 0.351. The molecule has 6 rings (SSSR count). The highest BCUT2D eigenvalue weighted by Gasteiger charge is 2.24. The van der Waals surface area contributed by atoms with E-state index in [-0.39, 0.29) is 16.8 Å². The van der Waals surface area contributed by atoms with E-state index in [1.807, 2.05) is 48.5 Å². The number of carbonyl (C=O) groups is 1. The molecule has 0 spiro atoms. The minimum atomic E-state index is -0.969. The van der Waals surface area contributed by atoms with Crippen molar-refractivity contribution in [3.8, 4) is 11.4 Å². The molecule has 0 unspecified atom stereocenters. The molecule has 2 aliphatic rings. The molecule has 10 nitrogen and oxygen atoms in total. The van der Waals surface area contributed by atoms with E-state index in [0.29, 0.717) is 31.3 Å². The van der Waals surface area contributed by atoms with Gasteiger partial charge < -0.3 is 24.5 Å². The molecular formula is C33H35N5O5. The second-order valence-electron chi connectivity index (χ2n) is 10.9. The smallest absolute Gasteiger partial charge is 0.336 e. The Morgan fingerprint density at radius 1 is 0.860 bits per heavy atom. The molecule has 222 valence electrons. The molecular weight excluding hydrogens is 546 g/mol. The van der Waals surface area contributed by atoms with Gasteiger partial charge >= 0.3 is 11.7 Å². The molecule has 0 amide bonds. The van der Waals surface area contributed by atoms with Crippen molar-refractivity contribution in [2.45, 2.75) is 19.4 Å². The third kappa shape index (κ3) is 5.78. The van der Waals surface area contributed by atoms with Crippen LogP contribution >= 0.6 is 0 Å². The maximum absolute atomic E-state index is 13.2. The van der Waals surface area contributed by atoms with Crippen LogP contribution in [0.1, 0.15) is 28.8 Å². The first kappa shape index (κ1) is 28.3. The summed E-state index contributed by atoms with van der Waals surface area (Å²) in [4.78, 5) is 44.3. The summed E-state index contributed by atoms with van der Waals surface area (Å²) in [5.74, 6) is 0.321. The van der Waals surface area contributed by atoms with E-state index in [1.54, 1.807) is 28.8 Å². The molecule has 1 saturated heterocycles. The van der Waals surface area contributed by atoms with E-state index in [2.05, 4.69) is 20.8 Å². The van der Waals surface area contributed by atoms with Crippen molar-refractivity contribution >= 4 is 23.2 Å². The summed E-state index contributed by atoms with van der Waals surface area (Å²) in [7, 11) is 1.51. The number of carboxylic acid groups (broad SMARTS) is 1. The number of carboxylic acids is 1. The van der Waals surface area contributed by atoms with E-state index in [4.69, 9.17) is 4.74 Å². The first-order valence-electron chi connectivity index (χ1n) is 14.6. The zero-order chi connectivity index (χ0) is 29.9. The molecule has 0 radical (unpaired) electrons. The molecule has 0 atom stereocenters. The predicted molar refractivity (Wildman–Crippen MR) is 166 cm³/mol. The molecule has 43 heavy (non-hydrogen) atoms. The van der Waals surface area contributed by atoms with Crippen LogP contribution in [0.3, 0.4) is 0 Å². The fourth-order valence-electron chi connectivity index (χ4n) is 5.95. The van der Waals surface area contributed by atoms with Crippen LogP contribution < -0.4 is 25.8 Å². The highest BCUT2D eigenvalue weighted by Crippen LogP contribution is 2.40. The Morgan fingerprint density at radius 3 is 2.47 bits per heavy atom. The minimum Gasteiger partial charge on any atom is -0.487 e. The maximum Gasteiger partial charge on any atom is 0.336 e. The van der Waals surface area contributed by atoms with Crippen LogP contribution in [0.5, 0.6) is 5.75 Å². The van der Waals surface area contributed by atoms with Gasteiger partial charge in [0, 0.05) is 50.5 Å². The topological polar surface area (TPSA) is 100 Å². The molecule has 1 fully saturated rings. The summed E-state index contributed by atoms with van der Waals surface area (Å²) in [6.07, 6.45) is 1.75. The van der Waals surface area contributed by atoms with Crippen LogP contribution in [0.25, 0.3) is 5.69 Å². The zero-order valence-corrected chi connectivity index (χ0v) is 24.2. The Balaban J connectivity index is 1.18. The summed E-state index contributed by atoms with van der Waals surface area (Å²) < 4.78 is 8.84. The Labute approximate surface area is 249 Å². The molecule has 3 heterocycles. The number of benzene rings is 3. The molecule has 0 aliphatic carbocycles. The molecule has 4 aromatic rings. The number of hydrogen-bond acceptors (Lipinski definition) is 7. The number of anilines is 3. The molecule has 0 saturated carbocycles. The second-order valence-corrected chi connectivity index (χ2v) is 10.9. The number of ether oxygens (including phenoxy) is 1. The lowest BCUT2D eigenvalue weighted by molar-refractivity contribution is 0.0697. The van der Waals surface area contributed by atoms with Crippen molar-refractivity contribution < 1.29 is 14.6 Å². The maximum atomic E-state index is 13.2. The van der Waals surface area contributed by atoms with E-state index < -0.39 is 5.97 Å². The van der Waals surface area contributed by atoms with Crippen LogP contribution in [0, 0.1) is 0 Å². The number of para-hydroxylation sites is 2. The molecule has 0 bridgehead atoms. The Hall–Kier alpha value is -4.83. The van der Waals surface area contributed by atoms with Gasteiger partial charge in [0.05, 0.1) is 16.9 Å². The van der Waals surface area contributed by atoms with Crippen LogP contribution in [0.15, 0.2) is 88.5 Å². The van der Waals surface area contributed by atoms with Crippen LogP contribution in [0.2, 0.25) is 0 Å². The van der Waals surface area contributed by atoms with Gasteiger partial charge in [-0.1, -0.05) is 36.4 Å². The summed E-state index contributed by atoms with van der Waals surface area (Å²) >= 11 is 0. The molecule has 10 heteroatoms. The van der Waals surface area contributed by atoms with Gasteiger partial charge in [-0.05, 0) is 62.3 Å². The van der Waals surface area contributed by atoms with Gasteiger partial charge in [-0.25, -0.2) is 14.2 Å². The number of nitrogens with zero attached hydrogens (tertiary/aromatic N) is 5. The fraction of sp³-hybridized carbons (Fsp3) is 0.303. The first-order chi connectivity index (χ1) is 20.9. The second kappa shape index (κ2) is 12.2. The van der Waals surface area contributed by atoms with Crippen molar-refractivity contribution in [1.82, 2.24) is 14.0 Å². The normalized spacial score (nSPS) is 15.2. The van der Waals surface area contributed by atoms with Gasteiger partial charge in [-0.3, -0.25) is 9.36 Å².